The van der Waals surface area contributed by atoms with E-state index in [1.54, 1.807) is 19.2 Å². The first-order valence-electron chi connectivity index (χ1n) is 16.4. The van der Waals surface area contributed by atoms with Crippen LogP contribution in [-0.4, -0.2) is 80.5 Å². The van der Waals surface area contributed by atoms with Crippen molar-refractivity contribution in [3.8, 4) is 5.75 Å². The van der Waals surface area contributed by atoms with Crippen LogP contribution in [0.25, 0.3) is 0 Å². The van der Waals surface area contributed by atoms with Gasteiger partial charge < -0.3 is 40.0 Å². The molecule has 0 spiro atoms. The van der Waals surface area contributed by atoms with Gasteiger partial charge in [-0.3, -0.25) is 9.59 Å². The highest BCUT2D eigenvalue weighted by molar-refractivity contribution is 5.94. The number of carbonyl (C=O) groups is 3. The van der Waals surface area contributed by atoms with E-state index in [1.165, 1.54) is 0 Å². The van der Waals surface area contributed by atoms with E-state index in [-0.39, 0.29) is 43.7 Å². The van der Waals surface area contributed by atoms with Gasteiger partial charge in [-0.1, -0.05) is 60.7 Å². The number of aryl methyl sites for hydroxylation is 2. The third kappa shape index (κ3) is 9.33. The molecule has 0 radical (unpaired) electrons. The van der Waals surface area contributed by atoms with Crippen LogP contribution in [0.2, 0.25) is 0 Å². The molecule has 2 heterocycles. The minimum Gasteiger partial charge on any atom is -0.483 e. The van der Waals surface area contributed by atoms with Gasteiger partial charge in [0.1, 0.15) is 11.9 Å². The zero-order chi connectivity index (χ0) is 34.0. The van der Waals surface area contributed by atoms with Crippen molar-refractivity contribution in [1.29, 1.82) is 0 Å². The molecule has 2 aliphatic heterocycles. The molecular weight excluding hydrogens is 614 g/mol. The standard InChI is InChI=1S/C37H45N3O8/c1-23-16-27(35(43)38-3)17-24(2)34(23)46-22-33(42)39-28(18-25-10-6-4-7-11-25)20-31(41)30(19-26-12-8-5-9-13-26)40-37(44)48-32-21-47-36-29(32)14-15-45-36/h4-13,16-17,28-32,36,41H,14-15,18-22H2,1-3H3,(H,38,43)(H,39,42)(H,40,44)/t28-,29-,30-,31-,32-,36+/m0/s1. The largest absolute Gasteiger partial charge is 0.483 e. The van der Waals surface area contributed by atoms with Crippen LogP contribution in [0.5, 0.6) is 5.75 Å². The highest BCUT2D eigenvalue weighted by Gasteiger charge is 2.44. The van der Waals surface area contributed by atoms with Crippen LogP contribution in [0.15, 0.2) is 72.8 Å². The summed E-state index contributed by atoms with van der Waals surface area (Å²) >= 11 is 0. The van der Waals surface area contributed by atoms with Gasteiger partial charge >= 0.3 is 6.09 Å². The van der Waals surface area contributed by atoms with Crippen LogP contribution < -0.4 is 20.7 Å². The summed E-state index contributed by atoms with van der Waals surface area (Å²) < 4.78 is 22.9. The first-order chi connectivity index (χ1) is 23.2. The topological polar surface area (TPSA) is 144 Å². The highest BCUT2D eigenvalue weighted by atomic mass is 16.7. The fourth-order valence-electron chi connectivity index (χ4n) is 6.43. The zero-order valence-corrected chi connectivity index (χ0v) is 27.6. The summed E-state index contributed by atoms with van der Waals surface area (Å²) in [6, 6.07) is 21.5. The van der Waals surface area contributed by atoms with Gasteiger partial charge in [0, 0.05) is 18.7 Å². The molecular formula is C37H45N3O8. The summed E-state index contributed by atoms with van der Waals surface area (Å²) in [6.45, 7) is 4.22. The Bertz CT molecular complexity index is 1510. The third-order valence-electron chi connectivity index (χ3n) is 8.82. The van der Waals surface area contributed by atoms with Crippen LogP contribution in [0.3, 0.4) is 0 Å². The molecule has 3 amide bonds. The lowest BCUT2D eigenvalue weighted by Gasteiger charge is -2.29. The van der Waals surface area contributed by atoms with Crippen LogP contribution in [0.4, 0.5) is 4.79 Å². The third-order valence-corrected chi connectivity index (χ3v) is 8.82. The van der Waals surface area contributed by atoms with Gasteiger partial charge in [-0.15, -0.1) is 0 Å². The smallest absolute Gasteiger partial charge is 0.407 e. The van der Waals surface area contributed by atoms with Crippen molar-refractivity contribution in [2.75, 3.05) is 26.9 Å². The molecule has 11 heteroatoms. The first-order valence-corrected chi connectivity index (χ1v) is 16.4. The van der Waals surface area contributed by atoms with Gasteiger partial charge in [-0.25, -0.2) is 4.79 Å². The monoisotopic (exact) mass is 659 g/mol. The summed E-state index contributed by atoms with van der Waals surface area (Å²) in [6.07, 6.45) is -0.732. The van der Waals surface area contributed by atoms with Crippen LogP contribution in [0.1, 0.15) is 45.5 Å². The maximum Gasteiger partial charge on any atom is 0.407 e. The number of benzene rings is 3. The average molecular weight is 660 g/mol. The summed E-state index contributed by atoms with van der Waals surface area (Å²) in [7, 11) is 1.57. The number of hydrogen-bond acceptors (Lipinski definition) is 8. The fourth-order valence-corrected chi connectivity index (χ4v) is 6.43. The Kier molecular flexibility index (Phi) is 12.1. The highest BCUT2D eigenvalue weighted by Crippen LogP contribution is 2.33. The molecule has 0 saturated carbocycles. The van der Waals surface area contributed by atoms with Crippen molar-refractivity contribution >= 4 is 17.9 Å². The second-order valence-corrected chi connectivity index (χ2v) is 12.5. The summed E-state index contributed by atoms with van der Waals surface area (Å²) in [5.41, 5.74) is 3.89. The molecule has 0 unspecified atom stereocenters. The second-order valence-electron chi connectivity index (χ2n) is 12.5. The molecule has 3 aromatic carbocycles. The van der Waals surface area contributed by atoms with E-state index in [2.05, 4.69) is 16.0 Å². The number of amides is 3. The first kappa shape index (κ1) is 34.9. The van der Waals surface area contributed by atoms with Gasteiger partial charge in [0.15, 0.2) is 12.9 Å². The molecule has 5 rings (SSSR count). The minimum absolute atomic E-state index is 0.0118. The van der Waals surface area contributed by atoms with E-state index in [1.807, 2.05) is 74.5 Å². The number of alkyl carbamates (subject to hydrolysis) is 1. The normalized spacial score (nSPS) is 20.2. The fraction of sp³-hybridized carbons (Fsp3) is 0.432. The van der Waals surface area contributed by atoms with Crippen molar-refractivity contribution in [3.05, 3.63) is 101 Å². The van der Waals surface area contributed by atoms with E-state index >= 15 is 0 Å². The number of fused-ring (bicyclic) bond motifs is 1. The van der Waals surface area contributed by atoms with E-state index in [4.69, 9.17) is 18.9 Å². The molecule has 3 aromatic rings. The Hall–Kier alpha value is -4.45. The Morgan fingerprint density at radius 2 is 1.56 bits per heavy atom. The lowest BCUT2D eigenvalue weighted by atomic mass is 9.93. The Labute approximate surface area is 281 Å². The molecule has 0 bridgehead atoms. The van der Waals surface area contributed by atoms with Crippen LogP contribution >= 0.6 is 0 Å². The van der Waals surface area contributed by atoms with E-state index in [0.29, 0.717) is 30.8 Å². The maximum atomic E-state index is 13.3. The van der Waals surface area contributed by atoms with Crippen molar-refractivity contribution in [3.63, 3.8) is 0 Å². The Balaban J connectivity index is 1.26. The lowest BCUT2D eigenvalue weighted by molar-refractivity contribution is -0.124. The Morgan fingerprint density at radius 1 is 0.917 bits per heavy atom. The summed E-state index contributed by atoms with van der Waals surface area (Å²) in [5.74, 6) is -0.0434. The van der Waals surface area contributed by atoms with Gasteiger partial charge in [-0.2, -0.15) is 0 Å². The number of nitrogens with one attached hydrogen (secondary N) is 3. The second kappa shape index (κ2) is 16.6. The van der Waals surface area contributed by atoms with Crippen LogP contribution in [0, 0.1) is 19.8 Å². The number of ether oxygens (including phenoxy) is 4. The molecule has 2 saturated heterocycles. The van der Waals surface area contributed by atoms with Crippen molar-refractivity contribution in [2.45, 2.75) is 70.1 Å². The van der Waals surface area contributed by atoms with Gasteiger partial charge in [0.2, 0.25) is 0 Å². The number of aliphatic hydroxyl groups excluding tert-OH is 1. The lowest BCUT2D eigenvalue weighted by Crippen LogP contribution is -2.50. The number of carbonyl (C=O) groups excluding carboxylic acids is 3. The quantitative estimate of drug-likeness (QED) is 0.206. The van der Waals surface area contributed by atoms with Gasteiger partial charge in [0.05, 0.1) is 31.3 Å². The molecule has 0 aliphatic carbocycles. The Morgan fingerprint density at radius 3 is 2.21 bits per heavy atom. The van der Waals surface area contributed by atoms with Crippen molar-refractivity contribution in [1.82, 2.24) is 16.0 Å². The summed E-state index contributed by atoms with van der Waals surface area (Å²) in [4.78, 5) is 38.5. The molecule has 4 N–H and O–H groups in total. The molecule has 256 valence electrons. The van der Waals surface area contributed by atoms with E-state index in [9.17, 15) is 19.5 Å². The molecule has 6 atom stereocenters. The van der Waals surface area contributed by atoms with Crippen molar-refractivity contribution in [2.24, 2.45) is 5.92 Å². The van der Waals surface area contributed by atoms with E-state index in [0.717, 1.165) is 28.7 Å². The molecule has 0 aromatic heterocycles. The molecule has 11 nitrogen and oxygen atoms in total. The SMILES string of the molecule is CNC(=O)c1cc(C)c(OCC(=O)N[C@@H](Cc2ccccc2)C[C@H](O)[C@H](Cc2ccccc2)NC(=O)O[C@H]2CO[C@H]3OCC[C@H]32)c(C)c1. The molecule has 48 heavy (non-hydrogen) atoms. The predicted octanol–water partition coefficient (Wildman–Crippen LogP) is 3.62. The number of hydrogen-bond donors (Lipinski definition) is 4. The zero-order valence-electron chi connectivity index (χ0n) is 27.6. The molecule has 2 aliphatic rings. The van der Waals surface area contributed by atoms with E-state index < -0.39 is 30.4 Å². The van der Waals surface area contributed by atoms with Gasteiger partial charge in [0.25, 0.3) is 11.8 Å². The van der Waals surface area contributed by atoms with Crippen molar-refractivity contribution < 1.29 is 38.4 Å². The number of aliphatic hydroxyl groups is 1. The predicted molar refractivity (Wildman–Crippen MR) is 179 cm³/mol. The summed E-state index contributed by atoms with van der Waals surface area (Å²) in [5, 5.41) is 20.2. The van der Waals surface area contributed by atoms with Crippen LogP contribution in [-0.2, 0) is 31.8 Å². The maximum absolute atomic E-state index is 13.3. The number of rotatable bonds is 14. The van der Waals surface area contributed by atoms with Gasteiger partial charge in [-0.05, 0) is 73.9 Å². The minimum atomic E-state index is -1.03. The molecule has 2 fully saturated rings. The average Bonchev–Trinajstić information content (AvgIpc) is 3.69.